The van der Waals surface area contributed by atoms with Crippen LogP contribution in [-0.4, -0.2) is 43.7 Å². The summed E-state index contributed by atoms with van der Waals surface area (Å²) in [7, 11) is 0. The van der Waals surface area contributed by atoms with Crippen LogP contribution in [0.5, 0.6) is 0 Å². The van der Waals surface area contributed by atoms with Gasteiger partial charge < -0.3 is 10.6 Å². The maximum Gasteiger partial charge on any atom is 0.0639 e. The zero-order chi connectivity index (χ0) is 14.5. The number of hydrogen-bond acceptors (Lipinski definition) is 3. The molecular formula is C16H26ClN3. The predicted molar refractivity (Wildman–Crippen MR) is 87.5 cm³/mol. The standard InChI is InChI=1S/C16H26ClN3/c1-3-13(2)16(12-18)20-10-8-19(9-11-20)15-7-5-4-6-14(15)17/h4-7,13,16H,3,8-12,18H2,1-2H3. The van der Waals surface area contributed by atoms with Crippen LogP contribution in [0.1, 0.15) is 20.3 Å². The van der Waals surface area contributed by atoms with Gasteiger partial charge in [-0.05, 0) is 18.1 Å². The Bertz CT molecular complexity index is 416. The molecule has 1 aliphatic heterocycles. The number of anilines is 1. The first kappa shape index (κ1) is 15.6. The lowest BCUT2D eigenvalue weighted by atomic mass is 9.97. The lowest BCUT2D eigenvalue weighted by molar-refractivity contribution is 0.142. The van der Waals surface area contributed by atoms with E-state index in [1.54, 1.807) is 0 Å². The molecule has 1 aromatic carbocycles. The predicted octanol–water partition coefficient (Wildman–Crippen LogP) is 2.84. The van der Waals surface area contributed by atoms with Crippen molar-refractivity contribution in [2.75, 3.05) is 37.6 Å². The molecule has 2 atom stereocenters. The van der Waals surface area contributed by atoms with Crippen molar-refractivity contribution in [3.8, 4) is 0 Å². The van der Waals surface area contributed by atoms with E-state index in [1.807, 2.05) is 12.1 Å². The molecular weight excluding hydrogens is 270 g/mol. The van der Waals surface area contributed by atoms with Crippen LogP contribution < -0.4 is 10.6 Å². The Balaban J connectivity index is 1.97. The summed E-state index contributed by atoms with van der Waals surface area (Å²) in [5.41, 5.74) is 7.13. The fourth-order valence-corrected chi connectivity index (χ4v) is 3.27. The molecule has 0 bridgehead atoms. The third kappa shape index (κ3) is 3.46. The zero-order valence-electron chi connectivity index (χ0n) is 12.6. The molecule has 0 radical (unpaired) electrons. The van der Waals surface area contributed by atoms with Crippen molar-refractivity contribution in [2.45, 2.75) is 26.3 Å². The Hall–Kier alpha value is -0.770. The quantitative estimate of drug-likeness (QED) is 0.907. The van der Waals surface area contributed by atoms with Gasteiger partial charge in [-0.25, -0.2) is 0 Å². The van der Waals surface area contributed by atoms with Gasteiger partial charge in [-0.1, -0.05) is 44.0 Å². The monoisotopic (exact) mass is 295 g/mol. The topological polar surface area (TPSA) is 32.5 Å². The molecule has 0 spiro atoms. The highest BCUT2D eigenvalue weighted by molar-refractivity contribution is 6.33. The van der Waals surface area contributed by atoms with Crippen LogP contribution in [0, 0.1) is 5.92 Å². The van der Waals surface area contributed by atoms with Crippen molar-refractivity contribution < 1.29 is 0 Å². The number of halogens is 1. The highest BCUT2D eigenvalue weighted by Gasteiger charge is 2.26. The molecule has 0 aromatic heterocycles. The second kappa shape index (κ2) is 7.30. The molecule has 1 aliphatic rings. The molecule has 2 N–H and O–H groups in total. The highest BCUT2D eigenvalue weighted by Crippen LogP contribution is 2.27. The van der Waals surface area contributed by atoms with Gasteiger partial charge in [-0.2, -0.15) is 0 Å². The molecule has 2 unspecified atom stereocenters. The number of benzene rings is 1. The van der Waals surface area contributed by atoms with Gasteiger partial charge in [0.1, 0.15) is 0 Å². The van der Waals surface area contributed by atoms with E-state index >= 15 is 0 Å². The van der Waals surface area contributed by atoms with E-state index < -0.39 is 0 Å². The largest absolute Gasteiger partial charge is 0.368 e. The zero-order valence-corrected chi connectivity index (χ0v) is 13.3. The van der Waals surface area contributed by atoms with Gasteiger partial charge in [0, 0.05) is 38.8 Å². The van der Waals surface area contributed by atoms with Crippen molar-refractivity contribution in [1.82, 2.24) is 4.90 Å². The van der Waals surface area contributed by atoms with Gasteiger partial charge in [0.25, 0.3) is 0 Å². The van der Waals surface area contributed by atoms with Gasteiger partial charge >= 0.3 is 0 Å². The van der Waals surface area contributed by atoms with Crippen LogP contribution in [0.4, 0.5) is 5.69 Å². The van der Waals surface area contributed by atoms with E-state index in [0.717, 1.165) is 43.4 Å². The normalized spacial score (nSPS) is 19.9. The van der Waals surface area contributed by atoms with Crippen molar-refractivity contribution in [3.63, 3.8) is 0 Å². The third-order valence-electron chi connectivity index (χ3n) is 4.52. The summed E-state index contributed by atoms with van der Waals surface area (Å²) in [6, 6.07) is 8.61. The number of hydrogen-bond donors (Lipinski definition) is 1. The van der Waals surface area contributed by atoms with Crippen molar-refractivity contribution in [1.29, 1.82) is 0 Å². The lowest BCUT2D eigenvalue weighted by Crippen LogP contribution is -2.54. The Morgan fingerprint density at radius 2 is 1.85 bits per heavy atom. The van der Waals surface area contributed by atoms with Gasteiger partial charge in [0.15, 0.2) is 0 Å². The summed E-state index contributed by atoms with van der Waals surface area (Å²) < 4.78 is 0. The van der Waals surface area contributed by atoms with Crippen molar-refractivity contribution >= 4 is 17.3 Å². The van der Waals surface area contributed by atoms with E-state index in [4.69, 9.17) is 17.3 Å². The molecule has 1 aromatic rings. The summed E-state index contributed by atoms with van der Waals surface area (Å²) in [5, 5.41) is 0.846. The van der Waals surface area contributed by atoms with Crippen molar-refractivity contribution in [3.05, 3.63) is 29.3 Å². The smallest absolute Gasteiger partial charge is 0.0639 e. The molecule has 1 fully saturated rings. The van der Waals surface area contributed by atoms with Crippen LogP contribution in [0.25, 0.3) is 0 Å². The molecule has 1 saturated heterocycles. The first-order valence-electron chi connectivity index (χ1n) is 7.61. The second-order valence-electron chi connectivity index (χ2n) is 5.66. The Morgan fingerprint density at radius 3 is 2.40 bits per heavy atom. The van der Waals surface area contributed by atoms with Gasteiger partial charge in [0.05, 0.1) is 10.7 Å². The number of nitrogens with zero attached hydrogens (tertiary/aromatic N) is 2. The first-order valence-corrected chi connectivity index (χ1v) is 7.98. The maximum atomic E-state index is 6.28. The van der Waals surface area contributed by atoms with Crippen LogP contribution in [0.2, 0.25) is 5.02 Å². The van der Waals surface area contributed by atoms with E-state index in [9.17, 15) is 0 Å². The molecule has 0 aliphatic carbocycles. The second-order valence-corrected chi connectivity index (χ2v) is 6.07. The van der Waals surface area contributed by atoms with E-state index in [2.05, 4.69) is 35.8 Å². The third-order valence-corrected chi connectivity index (χ3v) is 4.84. The minimum atomic E-state index is 0.508. The molecule has 0 amide bonds. The molecule has 4 heteroatoms. The summed E-state index contributed by atoms with van der Waals surface area (Å²) in [6.07, 6.45) is 1.19. The Morgan fingerprint density at radius 1 is 1.20 bits per heavy atom. The molecule has 2 rings (SSSR count). The minimum Gasteiger partial charge on any atom is -0.368 e. The summed E-state index contributed by atoms with van der Waals surface area (Å²) >= 11 is 6.28. The van der Waals surface area contributed by atoms with Crippen molar-refractivity contribution in [2.24, 2.45) is 11.7 Å². The van der Waals surface area contributed by atoms with Crippen LogP contribution in [0.3, 0.4) is 0 Å². The number of piperazine rings is 1. The molecule has 112 valence electrons. The first-order chi connectivity index (χ1) is 9.67. The summed E-state index contributed by atoms with van der Waals surface area (Å²) in [4.78, 5) is 4.92. The highest BCUT2D eigenvalue weighted by atomic mass is 35.5. The van der Waals surface area contributed by atoms with E-state index in [0.29, 0.717) is 12.0 Å². The number of nitrogens with two attached hydrogens (primary N) is 1. The average molecular weight is 296 g/mol. The fraction of sp³-hybridized carbons (Fsp3) is 0.625. The molecule has 20 heavy (non-hydrogen) atoms. The fourth-order valence-electron chi connectivity index (χ4n) is 3.02. The maximum absolute atomic E-state index is 6.28. The average Bonchev–Trinajstić information content (AvgIpc) is 2.49. The Labute approximate surface area is 127 Å². The van der Waals surface area contributed by atoms with Crippen LogP contribution >= 0.6 is 11.6 Å². The minimum absolute atomic E-state index is 0.508. The number of para-hydroxylation sites is 1. The molecule has 3 nitrogen and oxygen atoms in total. The van der Waals surface area contributed by atoms with Gasteiger partial charge in [0.2, 0.25) is 0 Å². The van der Waals surface area contributed by atoms with Gasteiger partial charge in [-0.3, -0.25) is 4.90 Å². The Kier molecular flexibility index (Phi) is 5.70. The summed E-state index contributed by atoms with van der Waals surface area (Å²) in [5.74, 6) is 0.659. The lowest BCUT2D eigenvalue weighted by Gasteiger charge is -2.42. The summed E-state index contributed by atoms with van der Waals surface area (Å²) in [6.45, 7) is 9.48. The molecule has 1 heterocycles. The van der Waals surface area contributed by atoms with Crippen LogP contribution in [0.15, 0.2) is 24.3 Å². The van der Waals surface area contributed by atoms with Crippen LogP contribution in [-0.2, 0) is 0 Å². The van der Waals surface area contributed by atoms with Gasteiger partial charge in [-0.15, -0.1) is 0 Å². The number of rotatable bonds is 5. The SMILES string of the molecule is CCC(C)C(CN)N1CCN(c2ccccc2Cl)CC1. The van der Waals surface area contributed by atoms with E-state index in [1.165, 1.54) is 6.42 Å². The molecule has 0 saturated carbocycles. The van der Waals surface area contributed by atoms with E-state index in [-0.39, 0.29) is 0 Å².